The van der Waals surface area contributed by atoms with Crippen LogP contribution in [0.25, 0.3) is 0 Å². The summed E-state index contributed by atoms with van der Waals surface area (Å²) in [5, 5.41) is 3.85. The Morgan fingerprint density at radius 1 is 1.00 bits per heavy atom. The lowest BCUT2D eigenvalue weighted by molar-refractivity contribution is -0.113. The molecule has 0 aliphatic carbocycles. The largest absolute Gasteiger partial charge is 0.457 e. The molecule has 10 heteroatoms. The van der Waals surface area contributed by atoms with E-state index in [0.29, 0.717) is 50.7 Å². The van der Waals surface area contributed by atoms with Crippen LogP contribution < -0.4 is 10.1 Å². The van der Waals surface area contributed by atoms with Crippen LogP contribution in [0.3, 0.4) is 0 Å². The molecule has 5 rings (SSSR count). The molecule has 3 amide bonds. The molecule has 3 aromatic rings. The van der Waals surface area contributed by atoms with Crippen molar-refractivity contribution < 1.29 is 23.9 Å². The van der Waals surface area contributed by atoms with E-state index >= 15 is 0 Å². The Bertz CT molecular complexity index is 1390. The summed E-state index contributed by atoms with van der Waals surface area (Å²) in [6, 6.07) is 17.2. The van der Waals surface area contributed by atoms with E-state index in [2.05, 4.69) is 5.32 Å². The van der Waals surface area contributed by atoms with Gasteiger partial charge >= 0.3 is 0 Å². The number of anilines is 1. The van der Waals surface area contributed by atoms with Crippen molar-refractivity contribution in [1.29, 1.82) is 0 Å². The zero-order valence-electron chi connectivity index (χ0n) is 20.2. The Labute approximate surface area is 234 Å². The number of nitrogens with one attached hydrogen (secondary N) is 1. The van der Waals surface area contributed by atoms with E-state index in [1.165, 1.54) is 16.7 Å². The second kappa shape index (κ2) is 11.8. The van der Waals surface area contributed by atoms with Crippen LogP contribution in [0.15, 0.2) is 60.7 Å². The Balaban J connectivity index is 1.17. The SMILES string of the molecule is O=C(CSCc1ccc(Cl)c(Cl)c1)Nc1cccc(Oc2ccc3c(c2)C(=O)N(CC2CCCO2)C3=O)c1. The van der Waals surface area contributed by atoms with Crippen molar-refractivity contribution in [3.63, 3.8) is 0 Å². The highest BCUT2D eigenvalue weighted by Crippen LogP contribution is 2.31. The van der Waals surface area contributed by atoms with E-state index in [-0.39, 0.29) is 36.1 Å². The average molecular weight is 571 g/mol. The van der Waals surface area contributed by atoms with Crippen molar-refractivity contribution in [3.05, 3.63) is 87.4 Å². The van der Waals surface area contributed by atoms with Gasteiger partial charge in [0.05, 0.1) is 39.6 Å². The first-order valence-corrected chi connectivity index (χ1v) is 14.0. The number of benzene rings is 3. The molecule has 1 saturated heterocycles. The third-order valence-corrected chi connectivity index (χ3v) is 7.93. The van der Waals surface area contributed by atoms with Gasteiger partial charge in [-0.25, -0.2) is 0 Å². The molecule has 1 unspecified atom stereocenters. The number of carbonyl (C=O) groups excluding carboxylic acids is 3. The molecule has 0 radical (unpaired) electrons. The van der Waals surface area contributed by atoms with Gasteiger partial charge in [0.15, 0.2) is 0 Å². The molecule has 0 aromatic heterocycles. The van der Waals surface area contributed by atoms with Crippen LogP contribution in [0.5, 0.6) is 11.5 Å². The Kier molecular flexibility index (Phi) is 8.24. The van der Waals surface area contributed by atoms with Crippen molar-refractivity contribution in [2.24, 2.45) is 0 Å². The summed E-state index contributed by atoms with van der Waals surface area (Å²) in [4.78, 5) is 39.4. The normalized spacial score (nSPS) is 16.6. The van der Waals surface area contributed by atoms with Gasteiger partial charge in [0.25, 0.3) is 11.8 Å². The molecular formula is C28H24Cl2N2O5S. The summed E-state index contributed by atoms with van der Waals surface area (Å²) >= 11 is 13.4. The fourth-order valence-electron chi connectivity index (χ4n) is 4.35. The van der Waals surface area contributed by atoms with Gasteiger partial charge in [-0.1, -0.05) is 35.3 Å². The highest BCUT2D eigenvalue weighted by molar-refractivity contribution is 7.99. The van der Waals surface area contributed by atoms with E-state index < -0.39 is 0 Å². The van der Waals surface area contributed by atoms with Crippen molar-refractivity contribution in [2.75, 3.05) is 24.2 Å². The summed E-state index contributed by atoms with van der Waals surface area (Å²) < 4.78 is 11.5. The zero-order valence-corrected chi connectivity index (χ0v) is 22.6. The monoisotopic (exact) mass is 570 g/mol. The van der Waals surface area contributed by atoms with E-state index in [4.69, 9.17) is 32.7 Å². The maximum Gasteiger partial charge on any atom is 0.261 e. The molecule has 196 valence electrons. The number of hydrogen-bond donors (Lipinski definition) is 1. The Hall–Kier alpha value is -3.04. The highest BCUT2D eigenvalue weighted by atomic mass is 35.5. The van der Waals surface area contributed by atoms with Gasteiger partial charge in [-0.15, -0.1) is 11.8 Å². The first-order chi connectivity index (χ1) is 18.4. The van der Waals surface area contributed by atoms with E-state index in [1.54, 1.807) is 54.6 Å². The van der Waals surface area contributed by atoms with Crippen LogP contribution in [0.4, 0.5) is 5.69 Å². The van der Waals surface area contributed by atoms with Crippen LogP contribution in [0.2, 0.25) is 10.0 Å². The van der Waals surface area contributed by atoms with Gasteiger partial charge < -0.3 is 14.8 Å². The van der Waals surface area contributed by atoms with Crippen LogP contribution in [0, 0.1) is 0 Å². The van der Waals surface area contributed by atoms with E-state index in [0.717, 1.165) is 18.4 Å². The molecule has 2 heterocycles. The van der Waals surface area contributed by atoms with E-state index in [1.807, 2.05) is 6.07 Å². The topological polar surface area (TPSA) is 84.9 Å². The lowest BCUT2D eigenvalue weighted by Gasteiger charge is -2.17. The second-order valence-electron chi connectivity index (χ2n) is 8.98. The molecule has 38 heavy (non-hydrogen) atoms. The smallest absolute Gasteiger partial charge is 0.261 e. The minimum absolute atomic E-state index is 0.111. The lowest BCUT2D eigenvalue weighted by atomic mass is 10.1. The summed E-state index contributed by atoms with van der Waals surface area (Å²) in [5.74, 6) is 0.982. The van der Waals surface area contributed by atoms with E-state index in [9.17, 15) is 14.4 Å². The number of halogens is 2. The number of imide groups is 1. The molecule has 1 N–H and O–H groups in total. The Morgan fingerprint density at radius 3 is 2.61 bits per heavy atom. The number of hydrogen-bond acceptors (Lipinski definition) is 6. The molecule has 2 aliphatic heterocycles. The molecule has 1 fully saturated rings. The first kappa shape index (κ1) is 26.6. The first-order valence-electron chi connectivity index (χ1n) is 12.1. The summed E-state index contributed by atoms with van der Waals surface area (Å²) in [6.45, 7) is 0.916. The number of carbonyl (C=O) groups is 3. The van der Waals surface area contributed by atoms with Crippen LogP contribution >= 0.6 is 35.0 Å². The van der Waals surface area contributed by atoms with Crippen molar-refractivity contribution >= 4 is 58.4 Å². The van der Waals surface area contributed by atoms with Gasteiger partial charge in [-0.2, -0.15) is 0 Å². The van der Waals surface area contributed by atoms with Crippen molar-refractivity contribution in [1.82, 2.24) is 4.90 Å². The fraction of sp³-hybridized carbons (Fsp3) is 0.250. The molecule has 1 atom stereocenters. The number of rotatable bonds is 9. The van der Waals surface area contributed by atoms with Crippen molar-refractivity contribution in [3.8, 4) is 11.5 Å². The molecule has 0 bridgehead atoms. The maximum absolute atomic E-state index is 12.9. The molecular weight excluding hydrogens is 547 g/mol. The third-order valence-electron chi connectivity index (χ3n) is 6.19. The molecule has 2 aliphatic rings. The zero-order chi connectivity index (χ0) is 26.6. The van der Waals surface area contributed by atoms with Crippen molar-refractivity contribution in [2.45, 2.75) is 24.7 Å². The number of nitrogens with zero attached hydrogens (tertiary/aromatic N) is 1. The third kappa shape index (κ3) is 6.15. The lowest BCUT2D eigenvalue weighted by Crippen LogP contribution is -2.36. The Morgan fingerprint density at radius 2 is 1.82 bits per heavy atom. The molecule has 3 aromatic carbocycles. The van der Waals surface area contributed by atoms with Crippen LogP contribution in [-0.4, -0.2) is 47.6 Å². The van der Waals surface area contributed by atoms with Gasteiger partial charge in [-0.05, 0) is 60.9 Å². The number of amides is 3. The predicted molar refractivity (Wildman–Crippen MR) is 149 cm³/mol. The summed E-state index contributed by atoms with van der Waals surface area (Å²) in [6.07, 6.45) is 1.66. The summed E-state index contributed by atoms with van der Waals surface area (Å²) in [7, 11) is 0. The molecule has 7 nitrogen and oxygen atoms in total. The predicted octanol–water partition coefficient (Wildman–Crippen LogP) is 6.43. The van der Waals surface area contributed by atoms with Crippen LogP contribution in [0.1, 0.15) is 39.1 Å². The minimum Gasteiger partial charge on any atom is -0.457 e. The van der Waals surface area contributed by atoms with Gasteiger partial charge in [0.2, 0.25) is 5.91 Å². The highest BCUT2D eigenvalue weighted by Gasteiger charge is 2.37. The van der Waals surface area contributed by atoms with Gasteiger partial charge in [0, 0.05) is 24.1 Å². The second-order valence-corrected chi connectivity index (χ2v) is 10.8. The molecule has 0 saturated carbocycles. The number of ether oxygens (including phenoxy) is 2. The minimum atomic E-state index is -0.342. The quantitative estimate of drug-likeness (QED) is 0.298. The van der Waals surface area contributed by atoms with Gasteiger partial charge in [-0.3, -0.25) is 19.3 Å². The average Bonchev–Trinajstić information content (AvgIpc) is 3.49. The number of thioether (sulfide) groups is 1. The van der Waals surface area contributed by atoms with Gasteiger partial charge in [0.1, 0.15) is 11.5 Å². The summed E-state index contributed by atoms with van der Waals surface area (Å²) in [5.41, 5.74) is 2.24. The maximum atomic E-state index is 12.9. The standard InChI is InChI=1S/C28H24Cl2N2O5S/c29-24-9-6-17(11-25(24)30)15-38-16-26(33)31-18-3-1-4-19(12-18)37-20-7-8-22-23(13-20)28(35)32(27(22)34)14-21-5-2-10-36-21/h1,3-4,6-9,11-13,21H,2,5,10,14-16H2,(H,31,33). The number of fused-ring (bicyclic) bond motifs is 1. The molecule has 0 spiro atoms. The fourth-order valence-corrected chi connectivity index (χ4v) is 5.45. The van der Waals surface area contributed by atoms with Crippen LogP contribution in [-0.2, 0) is 15.3 Å².